The fourth-order valence-electron chi connectivity index (χ4n) is 5.31. The number of piperidine rings is 1. The van der Waals surface area contributed by atoms with Crippen molar-refractivity contribution in [1.29, 1.82) is 0 Å². The molecule has 0 radical (unpaired) electrons. The smallest absolute Gasteiger partial charge is 0.354 e. The van der Waals surface area contributed by atoms with Crippen LogP contribution < -0.4 is 0 Å². The van der Waals surface area contributed by atoms with E-state index in [1.54, 1.807) is 0 Å². The molecule has 0 bridgehead atoms. The van der Waals surface area contributed by atoms with Gasteiger partial charge in [-0.3, -0.25) is 4.90 Å². The maximum Gasteiger partial charge on any atom is 0.354 e. The zero-order chi connectivity index (χ0) is 19.1. The molecule has 5 rings (SSSR count). The summed E-state index contributed by atoms with van der Waals surface area (Å²) >= 11 is 0. The minimum absolute atomic E-state index is 0.301. The number of ether oxygens (including phenoxy) is 1. The van der Waals surface area contributed by atoms with Gasteiger partial charge in [-0.15, -0.1) is 0 Å². The second-order valence-electron chi connectivity index (χ2n) is 8.08. The number of hydrogen-bond donors (Lipinski definition) is 1. The van der Waals surface area contributed by atoms with E-state index < -0.39 is 0 Å². The molecule has 144 valence electrons. The highest BCUT2D eigenvalue weighted by Crippen LogP contribution is 2.43. The van der Waals surface area contributed by atoms with Gasteiger partial charge in [-0.25, -0.2) is 4.79 Å². The fraction of sp³-hybridized carbons (Fsp3) is 0.375. The molecule has 1 N–H and O–H groups in total. The maximum absolute atomic E-state index is 11.9. The Hall–Kier alpha value is -2.59. The van der Waals surface area contributed by atoms with Crippen LogP contribution in [0, 0.1) is 0 Å². The third-order valence-electron chi connectivity index (χ3n) is 6.57. The van der Waals surface area contributed by atoms with Crippen LogP contribution in [0.3, 0.4) is 0 Å². The summed E-state index contributed by atoms with van der Waals surface area (Å²) in [6.07, 6.45) is 4.74. The first-order valence-corrected chi connectivity index (χ1v) is 10.3. The monoisotopic (exact) mass is 374 g/mol. The Labute approximate surface area is 165 Å². The molecule has 1 aliphatic carbocycles. The molecule has 2 aliphatic rings. The standard InChI is InChI=1S/C24H26N2O2/c1-28-24(27)22-14-20-18-10-12-23-19(17(18)9-11-21(20)25-22)8-5-13-26(23)15-16-6-3-2-4-7-16/h2-4,6-7,9,11,14,19,23,25H,5,8,10,12-13,15H2,1H3/t19-,23+/m0/s1. The summed E-state index contributed by atoms with van der Waals surface area (Å²) in [7, 11) is 1.43. The van der Waals surface area contributed by atoms with Gasteiger partial charge in [0, 0.05) is 23.5 Å². The minimum atomic E-state index is -0.301. The van der Waals surface area contributed by atoms with Crippen LogP contribution in [-0.2, 0) is 17.7 Å². The lowest BCUT2D eigenvalue weighted by Crippen LogP contribution is -2.45. The minimum Gasteiger partial charge on any atom is -0.464 e. The lowest BCUT2D eigenvalue weighted by Gasteiger charge is -2.45. The number of benzene rings is 2. The highest BCUT2D eigenvalue weighted by Gasteiger charge is 2.37. The average molecular weight is 374 g/mol. The Morgan fingerprint density at radius 1 is 1.18 bits per heavy atom. The number of nitrogens with one attached hydrogen (secondary N) is 1. The van der Waals surface area contributed by atoms with Crippen LogP contribution in [0.5, 0.6) is 0 Å². The molecule has 1 fully saturated rings. The molecule has 1 saturated heterocycles. The zero-order valence-corrected chi connectivity index (χ0v) is 16.3. The molecule has 1 aromatic heterocycles. The number of likely N-dealkylation sites (tertiary alicyclic amines) is 1. The van der Waals surface area contributed by atoms with Crippen molar-refractivity contribution in [3.05, 3.63) is 70.9 Å². The van der Waals surface area contributed by atoms with Crippen molar-refractivity contribution in [2.45, 2.75) is 44.2 Å². The third-order valence-corrected chi connectivity index (χ3v) is 6.57. The number of aryl methyl sites for hydroxylation is 1. The molecule has 28 heavy (non-hydrogen) atoms. The normalized spacial score (nSPS) is 21.9. The third kappa shape index (κ3) is 2.92. The molecule has 2 atom stereocenters. The summed E-state index contributed by atoms with van der Waals surface area (Å²) in [5, 5.41) is 1.19. The van der Waals surface area contributed by atoms with Gasteiger partial charge in [0.1, 0.15) is 5.69 Å². The van der Waals surface area contributed by atoms with E-state index in [0.29, 0.717) is 17.7 Å². The van der Waals surface area contributed by atoms with Gasteiger partial charge in [-0.2, -0.15) is 0 Å². The van der Waals surface area contributed by atoms with Crippen molar-refractivity contribution < 1.29 is 9.53 Å². The zero-order valence-electron chi connectivity index (χ0n) is 16.3. The fourth-order valence-corrected chi connectivity index (χ4v) is 5.31. The summed E-state index contributed by atoms with van der Waals surface area (Å²) in [5.74, 6) is 0.285. The maximum atomic E-state index is 11.9. The molecule has 0 saturated carbocycles. The van der Waals surface area contributed by atoms with E-state index in [2.05, 4.69) is 52.3 Å². The number of carbonyl (C=O) groups is 1. The van der Waals surface area contributed by atoms with Crippen molar-refractivity contribution >= 4 is 16.9 Å². The van der Waals surface area contributed by atoms with Crippen LogP contribution in [-0.4, -0.2) is 35.5 Å². The number of carbonyl (C=O) groups excluding carboxylic acids is 1. The molecule has 2 heterocycles. The SMILES string of the molecule is COC(=O)c1cc2c3c(ccc2[nH]1)[C@@H]1CCCN(Cc2ccccc2)[C@@H]1CC3. The van der Waals surface area contributed by atoms with Gasteiger partial charge in [0.25, 0.3) is 0 Å². The molecular formula is C24H26N2O2. The second-order valence-corrected chi connectivity index (χ2v) is 8.08. The van der Waals surface area contributed by atoms with Crippen molar-refractivity contribution in [2.75, 3.05) is 13.7 Å². The quantitative estimate of drug-likeness (QED) is 0.679. The highest BCUT2D eigenvalue weighted by atomic mass is 16.5. The number of esters is 1. The first kappa shape index (κ1) is 17.5. The molecule has 0 spiro atoms. The van der Waals surface area contributed by atoms with Crippen molar-refractivity contribution in [1.82, 2.24) is 9.88 Å². The Bertz CT molecular complexity index is 1010. The van der Waals surface area contributed by atoms with Crippen molar-refractivity contribution in [2.24, 2.45) is 0 Å². The van der Waals surface area contributed by atoms with Gasteiger partial charge in [0.2, 0.25) is 0 Å². The molecule has 4 heteroatoms. The lowest BCUT2D eigenvalue weighted by molar-refractivity contribution is 0.0595. The molecule has 2 aromatic carbocycles. The van der Waals surface area contributed by atoms with Crippen LogP contribution in [0.25, 0.3) is 10.9 Å². The van der Waals surface area contributed by atoms with Gasteiger partial charge < -0.3 is 9.72 Å². The average Bonchev–Trinajstić information content (AvgIpc) is 3.18. The Morgan fingerprint density at radius 3 is 2.86 bits per heavy atom. The van der Waals surface area contributed by atoms with Gasteiger partial charge in [0.05, 0.1) is 7.11 Å². The highest BCUT2D eigenvalue weighted by molar-refractivity contribution is 5.96. The number of nitrogens with zero attached hydrogens (tertiary/aromatic N) is 1. The Balaban J connectivity index is 1.48. The molecule has 4 nitrogen and oxygen atoms in total. The first-order chi connectivity index (χ1) is 13.7. The van der Waals surface area contributed by atoms with Crippen LogP contribution in [0.2, 0.25) is 0 Å². The van der Waals surface area contributed by atoms with E-state index in [1.807, 2.05) is 6.07 Å². The number of aromatic nitrogens is 1. The number of aromatic amines is 1. The summed E-state index contributed by atoms with van der Waals surface area (Å²) in [4.78, 5) is 17.8. The van der Waals surface area contributed by atoms with Crippen LogP contribution >= 0.6 is 0 Å². The van der Waals surface area contributed by atoms with E-state index >= 15 is 0 Å². The summed E-state index contributed by atoms with van der Waals surface area (Å²) in [5.41, 5.74) is 5.89. The van der Waals surface area contributed by atoms with E-state index in [-0.39, 0.29) is 5.97 Å². The topological polar surface area (TPSA) is 45.3 Å². The predicted octanol–water partition coefficient (Wildman–Crippen LogP) is 4.65. The number of rotatable bonds is 3. The van der Waals surface area contributed by atoms with E-state index in [4.69, 9.17) is 4.74 Å². The van der Waals surface area contributed by atoms with Gasteiger partial charge in [-0.05, 0) is 67.0 Å². The molecular weight excluding hydrogens is 348 g/mol. The largest absolute Gasteiger partial charge is 0.464 e. The summed E-state index contributed by atoms with van der Waals surface area (Å²) in [6, 6.07) is 17.8. The van der Waals surface area contributed by atoms with Crippen LogP contribution in [0.15, 0.2) is 48.5 Å². The molecule has 1 aliphatic heterocycles. The molecule has 0 amide bonds. The van der Waals surface area contributed by atoms with Crippen molar-refractivity contribution in [3.8, 4) is 0 Å². The van der Waals surface area contributed by atoms with Crippen LogP contribution in [0.4, 0.5) is 0 Å². The molecule has 0 unspecified atom stereocenters. The second kappa shape index (κ2) is 7.10. The number of H-pyrrole nitrogens is 1. The van der Waals surface area contributed by atoms with E-state index in [0.717, 1.165) is 18.5 Å². The van der Waals surface area contributed by atoms with E-state index in [1.165, 1.54) is 55.0 Å². The van der Waals surface area contributed by atoms with Crippen molar-refractivity contribution in [3.63, 3.8) is 0 Å². The van der Waals surface area contributed by atoms with E-state index in [9.17, 15) is 4.79 Å². The number of methoxy groups -OCH3 is 1. The first-order valence-electron chi connectivity index (χ1n) is 10.3. The number of fused-ring (bicyclic) bond motifs is 5. The van der Waals surface area contributed by atoms with Gasteiger partial charge in [-0.1, -0.05) is 36.4 Å². The lowest BCUT2D eigenvalue weighted by atomic mass is 9.73. The van der Waals surface area contributed by atoms with Gasteiger partial charge >= 0.3 is 5.97 Å². The predicted molar refractivity (Wildman–Crippen MR) is 111 cm³/mol. The number of hydrogen-bond acceptors (Lipinski definition) is 3. The molecule has 3 aromatic rings. The summed E-state index contributed by atoms with van der Waals surface area (Å²) < 4.78 is 4.89. The van der Waals surface area contributed by atoms with Crippen LogP contribution in [0.1, 0.15) is 52.4 Å². The van der Waals surface area contributed by atoms with Gasteiger partial charge in [0.15, 0.2) is 0 Å². The Kier molecular flexibility index (Phi) is 4.44. The summed E-state index contributed by atoms with van der Waals surface area (Å²) in [6.45, 7) is 2.22. The Morgan fingerprint density at radius 2 is 2.04 bits per heavy atom.